The predicted octanol–water partition coefficient (Wildman–Crippen LogP) is 4.60. The second-order valence-corrected chi connectivity index (χ2v) is 10.8. The number of aryl methyl sites for hydroxylation is 2. The summed E-state index contributed by atoms with van der Waals surface area (Å²) in [6.07, 6.45) is 4.55. The number of hydrogen-bond acceptors (Lipinski definition) is 5. The van der Waals surface area contributed by atoms with Gasteiger partial charge < -0.3 is 15.0 Å². The lowest BCUT2D eigenvalue weighted by Crippen LogP contribution is -2.41. The molecule has 0 aliphatic heterocycles. The van der Waals surface area contributed by atoms with Gasteiger partial charge in [0.1, 0.15) is 10.6 Å². The number of nitrogens with one attached hydrogen (secondary N) is 2. The van der Waals surface area contributed by atoms with Gasteiger partial charge in [0.2, 0.25) is 15.9 Å². The Hall–Kier alpha value is -2.65. The lowest BCUT2D eigenvalue weighted by Gasteiger charge is -2.34. The zero-order chi connectivity index (χ0) is 25.0. The molecule has 1 fully saturated rings. The number of nitrogens with zero attached hydrogens (tertiary/aromatic N) is 1. The largest absolute Gasteiger partial charge is 0.461 e. The fourth-order valence-electron chi connectivity index (χ4n) is 4.63. The molecule has 9 heteroatoms. The minimum absolute atomic E-state index is 0.0877. The Bertz CT molecular complexity index is 1160. The smallest absolute Gasteiger partial charge is 0.355 e. The van der Waals surface area contributed by atoms with E-state index < -0.39 is 16.0 Å². The molecule has 0 saturated heterocycles. The highest BCUT2D eigenvalue weighted by Crippen LogP contribution is 2.34. The first kappa shape index (κ1) is 26.0. The number of H-pyrrole nitrogens is 1. The first-order valence-electron chi connectivity index (χ1n) is 11.8. The van der Waals surface area contributed by atoms with Crippen LogP contribution in [0.2, 0.25) is 0 Å². The maximum absolute atomic E-state index is 14.1. The molecule has 2 aromatic rings. The average molecular weight is 490 g/mol. The average Bonchev–Trinajstić information content (AvgIpc) is 3.07. The number of esters is 1. The standard InChI is InChI=1S/C25H35N3O5S/c1-6-33-25(30)24-17(3)21(18(4)26-24)15-28(20-10-8-7-9-11-20)34(31,32)23-14-16(2)12-13-22(23)27-19(5)29/h12-14,20,26H,6-11,15H2,1-5H3,(H,27,29). The van der Waals surface area contributed by atoms with Gasteiger partial charge in [0.05, 0.1) is 12.3 Å². The summed E-state index contributed by atoms with van der Waals surface area (Å²) in [6, 6.07) is 4.86. The Morgan fingerprint density at radius 3 is 2.44 bits per heavy atom. The predicted molar refractivity (Wildman–Crippen MR) is 131 cm³/mol. The van der Waals surface area contributed by atoms with Crippen LogP contribution in [-0.2, 0) is 26.1 Å². The zero-order valence-electron chi connectivity index (χ0n) is 20.7. The summed E-state index contributed by atoms with van der Waals surface area (Å²) in [5.74, 6) is -0.783. The van der Waals surface area contributed by atoms with Crippen LogP contribution in [0, 0.1) is 20.8 Å². The number of aromatic amines is 1. The van der Waals surface area contributed by atoms with Crippen molar-refractivity contribution in [3.8, 4) is 0 Å². The SMILES string of the molecule is CCOC(=O)c1[nH]c(C)c(CN(C2CCCCC2)S(=O)(=O)c2cc(C)ccc2NC(C)=O)c1C. The van der Waals surface area contributed by atoms with Crippen LogP contribution in [0.3, 0.4) is 0 Å². The van der Waals surface area contributed by atoms with Crippen molar-refractivity contribution in [2.45, 2.75) is 84.2 Å². The van der Waals surface area contributed by atoms with E-state index in [1.807, 2.05) is 20.8 Å². The van der Waals surface area contributed by atoms with Gasteiger partial charge in [-0.2, -0.15) is 4.31 Å². The molecular weight excluding hydrogens is 454 g/mol. The van der Waals surface area contributed by atoms with Gasteiger partial charge in [-0.3, -0.25) is 4.79 Å². The molecule has 0 spiro atoms. The van der Waals surface area contributed by atoms with Crippen LogP contribution in [0.1, 0.15) is 78.8 Å². The van der Waals surface area contributed by atoms with Gasteiger partial charge >= 0.3 is 5.97 Å². The molecule has 1 aliphatic rings. The first-order chi connectivity index (χ1) is 16.1. The summed E-state index contributed by atoms with van der Waals surface area (Å²) in [5, 5.41) is 2.67. The summed E-state index contributed by atoms with van der Waals surface area (Å²) in [4.78, 5) is 27.4. The van der Waals surface area contributed by atoms with Crippen molar-refractivity contribution in [1.82, 2.24) is 9.29 Å². The van der Waals surface area contributed by atoms with Gasteiger partial charge in [0, 0.05) is 25.2 Å². The molecule has 186 valence electrons. The Morgan fingerprint density at radius 1 is 1.15 bits per heavy atom. The summed E-state index contributed by atoms with van der Waals surface area (Å²) >= 11 is 0. The topological polar surface area (TPSA) is 109 Å². The van der Waals surface area contributed by atoms with Gasteiger partial charge in [0.25, 0.3) is 0 Å². The number of benzene rings is 1. The molecular formula is C25H35N3O5S. The molecule has 1 heterocycles. The van der Waals surface area contributed by atoms with Gasteiger partial charge in [-0.15, -0.1) is 0 Å². The highest BCUT2D eigenvalue weighted by atomic mass is 32.2. The van der Waals surface area contributed by atoms with Crippen LogP contribution < -0.4 is 5.32 Å². The van der Waals surface area contributed by atoms with Gasteiger partial charge in [-0.1, -0.05) is 25.3 Å². The van der Waals surface area contributed by atoms with Crippen molar-refractivity contribution in [2.75, 3.05) is 11.9 Å². The quantitative estimate of drug-likeness (QED) is 0.527. The van der Waals surface area contributed by atoms with Crippen LogP contribution in [0.5, 0.6) is 0 Å². The number of amides is 1. The third-order valence-corrected chi connectivity index (χ3v) is 8.34. The van der Waals surface area contributed by atoms with E-state index in [0.29, 0.717) is 11.3 Å². The maximum atomic E-state index is 14.1. The Morgan fingerprint density at radius 2 is 1.82 bits per heavy atom. The van der Waals surface area contributed by atoms with E-state index in [1.54, 1.807) is 29.4 Å². The number of rotatable bonds is 8. The maximum Gasteiger partial charge on any atom is 0.355 e. The first-order valence-corrected chi connectivity index (χ1v) is 13.3. The number of aromatic nitrogens is 1. The molecule has 0 atom stereocenters. The Labute approximate surface area is 202 Å². The number of anilines is 1. The number of ether oxygens (including phenoxy) is 1. The van der Waals surface area contributed by atoms with Crippen molar-refractivity contribution < 1.29 is 22.7 Å². The van der Waals surface area contributed by atoms with E-state index in [1.165, 1.54) is 6.92 Å². The van der Waals surface area contributed by atoms with E-state index in [9.17, 15) is 18.0 Å². The van der Waals surface area contributed by atoms with Crippen LogP contribution in [0.4, 0.5) is 5.69 Å². The lowest BCUT2D eigenvalue weighted by molar-refractivity contribution is -0.114. The minimum atomic E-state index is -3.96. The molecule has 2 N–H and O–H groups in total. The van der Waals surface area contributed by atoms with Crippen molar-refractivity contribution in [3.05, 3.63) is 46.3 Å². The van der Waals surface area contributed by atoms with Crippen molar-refractivity contribution >= 4 is 27.6 Å². The summed E-state index contributed by atoms with van der Waals surface area (Å²) in [7, 11) is -3.96. The van der Waals surface area contributed by atoms with Crippen LogP contribution >= 0.6 is 0 Å². The molecule has 0 unspecified atom stereocenters. The van der Waals surface area contributed by atoms with Gasteiger partial charge in [-0.05, 0) is 69.4 Å². The zero-order valence-corrected chi connectivity index (χ0v) is 21.5. The summed E-state index contributed by atoms with van der Waals surface area (Å²) in [5.41, 5.74) is 3.61. The number of carbonyl (C=O) groups excluding carboxylic acids is 2. The summed E-state index contributed by atoms with van der Waals surface area (Å²) in [6.45, 7) is 8.97. The third-order valence-electron chi connectivity index (χ3n) is 6.40. The van der Waals surface area contributed by atoms with Crippen LogP contribution in [0.25, 0.3) is 0 Å². The van der Waals surface area contributed by atoms with Crippen LogP contribution in [0.15, 0.2) is 23.1 Å². The Balaban J connectivity index is 2.09. The number of sulfonamides is 1. The van der Waals surface area contributed by atoms with Gasteiger partial charge in [0.15, 0.2) is 0 Å². The molecule has 3 rings (SSSR count). The van der Waals surface area contributed by atoms with Gasteiger partial charge in [-0.25, -0.2) is 13.2 Å². The molecule has 1 aromatic carbocycles. The highest BCUT2D eigenvalue weighted by Gasteiger charge is 2.35. The number of hydrogen-bond donors (Lipinski definition) is 2. The van der Waals surface area contributed by atoms with E-state index in [0.717, 1.165) is 48.9 Å². The highest BCUT2D eigenvalue weighted by molar-refractivity contribution is 7.89. The van der Waals surface area contributed by atoms with E-state index in [-0.39, 0.29) is 35.7 Å². The molecule has 1 amide bonds. The molecule has 0 bridgehead atoms. The Kier molecular flexibility index (Phi) is 8.20. The van der Waals surface area contributed by atoms with Crippen LogP contribution in [-0.4, -0.2) is 42.2 Å². The normalized spacial score (nSPS) is 14.9. The fraction of sp³-hybridized carbons (Fsp3) is 0.520. The lowest BCUT2D eigenvalue weighted by atomic mass is 9.95. The molecule has 1 aromatic heterocycles. The fourth-order valence-corrected chi connectivity index (χ4v) is 6.52. The minimum Gasteiger partial charge on any atom is -0.461 e. The molecule has 34 heavy (non-hydrogen) atoms. The molecule has 1 aliphatic carbocycles. The summed E-state index contributed by atoms with van der Waals surface area (Å²) < 4.78 is 35.0. The van der Waals surface area contributed by atoms with Crippen molar-refractivity contribution in [3.63, 3.8) is 0 Å². The molecule has 1 saturated carbocycles. The molecule has 0 radical (unpaired) electrons. The van der Waals surface area contributed by atoms with Crippen molar-refractivity contribution in [1.29, 1.82) is 0 Å². The second kappa shape index (κ2) is 10.7. The molecule has 8 nitrogen and oxygen atoms in total. The third kappa shape index (κ3) is 5.52. The second-order valence-electron chi connectivity index (χ2n) is 8.97. The van der Waals surface area contributed by atoms with E-state index in [4.69, 9.17) is 4.74 Å². The van der Waals surface area contributed by atoms with E-state index >= 15 is 0 Å². The monoisotopic (exact) mass is 489 g/mol. The van der Waals surface area contributed by atoms with E-state index in [2.05, 4.69) is 10.3 Å². The number of carbonyl (C=O) groups is 2. The van der Waals surface area contributed by atoms with Crippen molar-refractivity contribution in [2.24, 2.45) is 0 Å².